The molecule has 0 radical (unpaired) electrons. The fourth-order valence-corrected chi connectivity index (χ4v) is 5.62. The topological polar surface area (TPSA) is 72.5 Å². The Bertz CT molecular complexity index is 1220. The molecule has 1 heterocycles. The first-order valence-electron chi connectivity index (χ1n) is 11.8. The van der Waals surface area contributed by atoms with Crippen molar-refractivity contribution in [3.63, 3.8) is 0 Å². The van der Waals surface area contributed by atoms with Crippen LogP contribution in [0.5, 0.6) is 23.0 Å². The van der Waals surface area contributed by atoms with Crippen molar-refractivity contribution in [1.29, 1.82) is 0 Å². The molecule has 2 aromatic rings. The number of thiocarbonyl (C=S) groups is 1. The van der Waals surface area contributed by atoms with Crippen LogP contribution in [-0.2, 0) is 6.42 Å². The lowest BCUT2D eigenvalue weighted by Gasteiger charge is -2.35. The minimum absolute atomic E-state index is 0.218. The zero-order valence-electron chi connectivity index (χ0n) is 21.3. The number of methoxy groups -OCH3 is 4. The molecule has 8 nitrogen and oxygen atoms in total. The molecule has 1 atom stereocenters. The van der Waals surface area contributed by atoms with E-state index in [1.165, 1.54) is 7.11 Å². The number of nitrogens with zero attached hydrogens (tertiary/aromatic N) is 2. The van der Waals surface area contributed by atoms with E-state index in [4.69, 9.17) is 42.8 Å². The number of rotatable bonds is 5. The van der Waals surface area contributed by atoms with Crippen molar-refractivity contribution in [1.82, 2.24) is 15.1 Å². The number of hydrogen-bond acceptors (Lipinski definition) is 7. The molecular formula is C26H32ClN3O5S. The second-order valence-electron chi connectivity index (χ2n) is 8.88. The zero-order chi connectivity index (χ0) is 26.0. The van der Waals surface area contributed by atoms with Gasteiger partial charge in [0.1, 0.15) is 0 Å². The van der Waals surface area contributed by atoms with Gasteiger partial charge in [0.25, 0.3) is 0 Å². The summed E-state index contributed by atoms with van der Waals surface area (Å²) in [5, 5.41) is 4.67. The van der Waals surface area contributed by atoms with E-state index in [0.29, 0.717) is 40.2 Å². The molecule has 36 heavy (non-hydrogen) atoms. The molecule has 4 rings (SSSR count). The molecule has 0 aromatic heterocycles. The second-order valence-corrected chi connectivity index (χ2v) is 9.64. The number of hydrogen-bond donors (Lipinski definition) is 1. The number of ether oxygens (including phenoxy) is 4. The average Bonchev–Trinajstić information content (AvgIpc) is 3.13. The lowest BCUT2D eigenvalue weighted by Crippen LogP contribution is -2.51. The van der Waals surface area contributed by atoms with Crippen molar-refractivity contribution in [3.05, 3.63) is 44.6 Å². The standard InChI is InChI=1S/C26H32ClN3O5S/c1-29-10-12-30(13-11-29)26(36)28-18-8-6-16-21(15-7-9-20(32-2)19(31)14-17(15)18)23(33-3)25(35-5)24(34-4)22(16)27/h7,9,14,18H,6,8,10-13H2,1-5H3,(H,28,36)/t18-/m0/s1. The Morgan fingerprint density at radius 2 is 1.67 bits per heavy atom. The Labute approximate surface area is 222 Å². The van der Waals surface area contributed by atoms with Gasteiger partial charge < -0.3 is 34.1 Å². The van der Waals surface area contributed by atoms with Crippen molar-refractivity contribution < 1.29 is 18.9 Å². The second kappa shape index (κ2) is 11.1. The van der Waals surface area contributed by atoms with Crippen molar-refractivity contribution in [2.45, 2.75) is 18.9 Å². The van der Waals surface area contributed by atoms with Crippen LogP contribution in [0.3, 0.4) is 0 Å². The van der Waals surface area contributed by atoms with Gasteiger partial charge in [0.2, 0.25) is 11.2 Å². The van der Waals surface area contributed by atoms with E-state index in [1.54, 1.807) is 33.5 Å². The third-order valence-corrected chi connectivity index (χ3v) is 7.67. The van der Waals surface area contributed by atoms with Crippen LogP contribution in [0.25, 0.3) is 11.1 Å². The molecule has 2 aliphatic rings. The van der Waals surface area contributed by atoms with Crippen molar-refractivity contribution in [2.75, 3.05) is 61.7 Å². The summed E-state index contributed by atoms with van der Waals surface area (Å²) in [5.41, 5.74) is 2.99. The SMILES string of the molecule is COc1c(Cl)c2c(c(OC)c1OC)-c1ccc(OC)c(=O)cc1[C@@H](NC(=S)N1CCN(C)CC1)CC2. The highest BCUT2D eigenvalue weighted by Gasteiger charge is 2.32. The van der Waals surface area contributed by atoms with Crippen LogP contribution in [0, 0.1) is 0 Å². The molecule has 1 fully saturated rings. The van der Waals surface area contributed by atoms with E-state index in [0.717, 1.165) is 48.4 Å². The monoisotopic (exact) mass is 533 g/mol. The van der Waals surface area contributed by atoms with Gasteiger partial charge in [0.15, 0.2) is 22.4 Å². The predicted molar refractivity (Wildman–Crippen MR) is 145 cm³/mol. The molecule has 0 saturated carbocycles. The molecule has 1 saturated heterocycles. The molecule has 2 aromatic carbocycles. The smallest absolute Gasteiger partial charge is 0.220 e. The third kappa shape index (κ3) is 4.79. The van der Waals surface area contributed by atoms with E-state index in [-0.39, 0.29) is 17.2 Å². The maximum Gasteiger partial charge on any atom is 0.220 e. The Morgan fingerprint density at radius 1 is 1.00 bits per heavy atom. The van der Waals surface area contributed by atoms with E-state index in [9.17, 15) is 4.79 Å². The van der Waals surface area contributed by atoms with Gasteiger partial charge in [-0.05, 0) is 60.9 Å². The van der Waals surface area contributed by atoms with Gasteiger partial charge in [-0.1, -0.05) is 17.7 Å². The Hall–Kier alpha value is -2.75. The highest BCUT2D eigenvalue weighted by molar-refractivity contribution is 7.80. The quantitative estimate of drug-likeness (QED) is 0.581. The first-order chi connectivity index (χ1) is 17.3. The number of piperazine rings is 1. The van der Waals surface area contributed by atoms with E-state index >= 15 is 0 Å². The summed E-state index contributed by atoms with van der Waals surface area (Å²) in [5.74, 6) is 1.55. The molecule has 0 spiro atoms. The van der Waals surface area contributed by atoms with E-state index in [1.807, 2.05) is 6.07 Å². The molecule has 10 heteroatoms. The minimum Gasteiger partial charge on any atom is -0.493 e. The Morgan fingerprint density at radius 3 is 2.28 bits per heavy atom. The number of likely N-dealkylation sites (N-methyl/N-ethyl adjacent to an activating group) is 1. The summed E-state index contributed by atoms with van der Waals surface area (Å²) in [6.07, 6.45) is 1.26. The van der Waals surface area contributed by atoms with Gasteiger partial charge in [-0.3, -0.25) is 4.79 Å². The Balaban J connectivity index is 1.90. The van der Waals surface area contributed by atoms with Crippen LogP contribution in [0.15, 0.2) is 23.0 Å². The molecule has 1 aliphatic carbocycles. The highest BCUT2D eigenvalue weighted by atomic mass is 35.5. The van der Waals surface area contributed by atoms with Gasteiger partial charge in [0.05, 0.1) is 39.5 Å². The van der Waals surface area contributed by atoms with Crippen LogP contribution in [0.4, 0.5) is 0 Å². The first kappa shape index (κ1) is 26.3. The molecule has 194 valence electrons. The minimum atomic E-state index is -0.234. The lowest BCUT2D eigenvalue weighted by molar-refractivity contribution is 0.213. The van der Waals surface area contributed by atoms with Crippen LogP contribution in [-0.4, -0.2) is 76.6 Å². The largest absolute Gasteiger partial charge is 0.493 e. The van der Waals surface area contributed by atoms with E-state index in [2.05, 4.69) is 22.2 Å². The summed E-state index contributed by atoms with van der Waals surface area (Å²) >= 11 is 12.7. The van der Waals surface area contributed by atoms with Gasteiger partial charge in [-0.2, -0.15) is 0 Å². The number of halogens is 1. The highest BCUT2D eigenvalue weighted by Crippen LogP contribution is 2.54. The third-order valence-electron chi connectivity index (χ3n) is 6.90. The van der Waals surface area contributed by atoms with Crippen molar-refractivity contribution >= 4 is 28.9 Å². The molecule has 1 aliphatic heterocycles. The van der Waals surface area contributed by atoms with Gasteiger partial charge in [-0.25, -0.2) is 0 Å². The summed E-state index contributed by atoms with van der Waals surface area (Å²) in [4.78, 5) is 17.5. The van der Waals surface area contributed by atoms with E-state index < -0.39 is 0 Å². The lowest BCUT2D eigenvalue weighted by atomic mass is 9.95. The van der Waals surface area contributed by atoms with Crippen molar-refractivity contribution in [3.8, 4) is 34.1 Å². The zero-order valence-corrected chi connectivity index (χ0v) is 22.8. The summed E-state index contributed by atoms with van der Waals surface area (Å²) in [6, 6.07) is 4.94. The summed E-state index contributed by atoms with van der Waals surface area (Å²) in [7, 11) is 8.27. The van der Waals surface area contributed by atoms with Gasteiger partial charge in [-0.15, -0.1) is 0 Å². The molecule has 0 amide bonds. The fourth-order valence-electron chi connectivity index (χ4n) is 4.94. The number of nitrogens with one attached hydrogen (secondary N) is 1. The maximum absolute atomic E-state index is 13.1. The number of fused-ring (bicyclic) bond motifs is 3. The molecule has 0 unspecified atom stereocenters. The first-order valence-corrected chi connectivity index (χ1v) is 12.6. The summed E-state index contributed by atoms with van der Waals surface area (Å²) in [6.45, 7) is 3.58. The molecule has 1 N–H and O–H groups in total. The molecular weight excluding hydrogens is 502 g/mol. The Kier molecular flexibility index (Phi) is 8.12. The molecule has 0 bridgehead atoms. The van der Waals surface area contributed by atoms with Gasteiger partial charge >= 0.3 is 0 Å². The predicted octanol–water partition coefficient (Wildman–Crippen LogP) is 3.51. The van der Waals surface area contributed by atoms with Crippen LogP contribution in [0.2, 0.25) is 5.02 Å². The van der Waals surface area contributed by atoms with Crippen LogP contribution in [0.1, 0.15) is 23.6 Å². The average molecular weight is 534 g/mol. The normalized spacial score (nSPS) is 17.4. The summed E-state index contributed by atoms with van der Waals surface area (Å²) < 4.78 is 22.5. The maximum atomic E-state index is 13.1. The van der Waals surface area contributed by atoms with Crippen LogP contribution >= 0.6 is 23.8 Å². The van der Waals surface area contributed by atoms with Crippen molar-refractivity contribution in [2.24, 2.45) is 0 Å². The fraction of sp³-hybridized carbons (Fsp3) is 0.462. The van der Waals surface area contributed by atoms with Crippen LogP contribution < -0.4 is 29.7 Å². The van der Waals surface area contributed by atoms with Gasteiger partial charge in [0, 0.05) is 31.7 Å². The number of benzene rings is 1.